The van der Waals surface area contributed by atoms with Crippen LogP contribution in [0.15, 0.2) is 18.2 Å². The second-order valence-electron chi connectivity index (χ2n) is 5.33. The van der Waals surface area contributed by atoms with Gasteiger partial charge in [0.1, 0.15) is 0 Å². The molecule has 0 aliphatic rings. The number of hydrogen-bond acceptors (Lipinski definition) is 4. The normalized spacial score (nSPS) is 12.7. The van der Waals surface area contributed by atoms with Crippen molar-refractivity contribution in [2.24, 2.45) is 5.92 Å². The molecule has 0 aliphatic heterocycles. The van der Waals surface area contributed by atoms with Crippen molar-refractivity contribution >= 4 is 17.3 Å². The smallest absolute Gasteiger partial charge is 0.337 e. The number of carboxylic acids is 1. The number of rotatable bonds is 6. The third-order valence-corrected chi connectivity index (χ3v) is 3.02. The van der Waals surface area contributed by atoms with Crippen LogP contribution in [0.3, 0.4) is 0 Å². The second-order valence-corrected chi connectivity index (χ2v) is 5.33. The fourth-order valence-electron chi connectivity index (χ4n) is 1.91. The van der Waals surface area contributed by atoms with E-state index in [1.165, 1.54) is 0 Å². The van der Waals surface area contributed by atoms with Gasteiger partial charge in [-0.25, -0.2) is 4.79 Å². The molecule has 19 heavy (non-hydrogen) atoms. The van der Waals surface area contributed by atoms with Crippen molar-refractivity contribution in [3.8, 4) is 0 Å². The number of carboxylic acid groups (broad SMARTS) is 1. The molecule has 0 bridgehead atoms. The quantitative estimate of drug-likeness (QED) is 0.685. The Hall–Kier alpha value is -1.75. The highest BCUT2D eigenvalue weighted by Crippen LogP contribution is 2.25. The summed E-state index contributed by atoms with van der Waals surface area (Å²) < 4.78 is 0. The molecule has 0 radical (unpaired) electrons. The van der Waals surface area contributed by atoms with Gasteiger partial charge in [-0.2, -0.15) is 0 Å². The zero-order chi connectivity index (χ0) is 14.6. The maximum atomic E-state index is 11.2. The van der Waals surface area contributed by atoms with Crippen molar-refractivity contribution in [2.75, 3.05) is 31.7 Å². The number of nitrogens with one attached hydrogen (secondary N) is 1. The van der Waals surface area contributed by atoms with Crippen LogP contribution in [0.4, 0.5) is 11.4 Å². The van der Waals surface area contributed by atoms with Crippen LogP contribution in [0.25, 0.3) is 0 Å². The molecule has 0 saturated carbocycles. The minimum atomic E-state index is -0.970. The summed E-state index contributed by atoms with van der Waals surface area (Å²) in [4.78, 5) is 13.3. The molecule has 1 aromatic rings. The molecule has 0 aromatic heterocycles. The Balaban J connectivity index is 3.05. The fourth-order valence-corrected chi connectivity index (χ4v) is 1.91. The first kappa shape index (κ1) is 15.3. The molecule has 0 spiro atoms. The van der Waals surface area contributed by atoms with Gasteiger partial charge in [0.05, 0.1) is 16.9 Å². The predicted molar refractivity (Wildman–Crippen MR) is 78.6 cm³/mol. The number of likely N-dealkylation sites (N-methyl/N-ethyl adjacent to an activating group) is 1. The van der Waals surface area contributed by atoms with Gasteiger partial charge >= 0.3 is 5.97 Å². The van der Waals surface area contributed by atoms with E-state index in [1.54, 1.807) is 18.2 Å². The minimum absolute atomic E-state index is 0.137. The maximum Gasteiger partial charge on any atom is 0.337 e. The van der Waals surface area contributed by atoms with Crippen LogP contribution >= 0.6 is 0 Å². The summed E-state index contributed by atoms with van der Waals surface area (Å²) in [5, 5.41) is 12.5. The van der Waals surface area contributed by atoms with Gasteiger partial charge in [0, 0.05) is 12.6 Å². The number of para-hydroxylation sites is 1. The second kappa shape index (κ2) is 6.43. The number of nitrogen functional groups attached to an aromatic ring is 1. The van der Waals surface area contributed by atoms with Crippen LogP contribution in [0.1, 0.15) is 24.2 Å². The summed E-state index contributed by atoms with van der Waals surface area (Å²) in [5.41, 5.74) is 7.08. The van der Waals surface area contributed by atoms with Crippen molar-refractivity contribution in [1.29, 1.82) is 0 Å². The van der Waals surface area contributed by atoms with Crippen molar-refractivity contribution in [2.45, 2.75) is 19.9 Å². The lowest BCUT2D eigenvalue weighted by molar-refractivity contribution is 0.0698. The zero-order valence-electron chi connectivity index (χ0n) is 12.0. The van der Waals surface area contributed by atoms with Gasteiger partial charge in [0.2, 0.25) is 0 Å². The van der Waals surface area contributed by atoms with Crippen LogP contribution in [0.5, 0.6) is 0 Å². The lowest BCUT2D eigenvalue weighted by Crippen LogP contribution is -2.37. The number of anilines is 2. The van der Waals surface area contributed by atoms with E-state index in [2.05, 4.69) is 24.1 Å². The zero-order valence-corrected chi connectivity index (χ0v) is 12.0. The summed E-state index contributed by atoms with van der Waals surface area (Å²) in [6.07, 6.45) is 0. The molecular weight excluding hydrogens is 242 g/mol. The molecule has 0 aliphatic carbocycles. The molecule has 1 rings (SSSR count). The van der Waals surface area contributed by atoms with Gasteiger partial charge in [-0.3, -0.25) is 0 Å². The van der Waals surface area contributed by atoms with E-state index < -0.39 is 5.97 Å². The predicted octanol–water partition coefficient (Wildman–Crippen LogP) is 1.97. The van der Waals surface area contributed by atoms with E-state index in [0.717, 1.165) is 6.54 Å². The molecule has 106 valence electrons. The summed E-state index contributed by atoms with van der Waals surface area (Å²) in [7, 11) is 3.98. The van der Waals surface area contributed by atoms with Gasteiger partial charge in [0.15, 0.2) is 0 Å². The van der Waals surface area contributed by atoms with Crippen LogP contribution in [0.2, 0.25) is 0 Å². The Bertz CT molecular complexity index is 444. The molecule has 0 saturated heterocycles. The van der Waals surface area contributed by atoms with Gasteiger partial charge in [0.25, 0.3) is 0 Å². The molecule has 1 atom stereocenters. The highest BCUT2D eigenvalue weighted by Gasteiger charge is 2.19. The SMILES string of the molecule is CC(C)C(CN(C)C)Nc1c(N)cccc1C(=O)O. The van der Waals surface area contributed by atoms with Crippen LogP contribution in [0, 0.1) is 5.92 Å². The summed E-state index contributed by atoms with van der Waals surface area (Å²) >= 11 is 0. The molecule has 1 unspecified atom stereocenters. The van der Waals surface area contributed by atoms with E-state index in [9.17, 15) is 9.90 Å². The standard InChI is InChI=1S/C14H23N3O2/c1-9(2)12(8-17(3)4)16-13-10(14(18)19)6-5-7-11(13)15/h5-7,9,12,16H,8,15H2,1-4H3,(H,18,19). The first-order valence-electron chi connectivity index (χ1n) is 6.36. The molecule has 0 fully saturated rings. The number of nitrogens with zero attached hydrogens (tertiary/aromatic N) is 1. The largest absolute Gasteiger partial charge is 0.478 e. The molecule has 5 nitrogen and oxygen atoms in total. The summed E-state index contributed by atoms with van der Waals surface area (Å²) in [6, 6.07) is 5.06. The molecule has 5 heteroatoms. The lowest BCUT2D eigenvalue weighted by Gasteiger charge is -2.28. The third kappa shape index (κ3) is 4.13. The maximum absolute atomic E-state index is 11.2. The van der Waals surface area contributed by atoms with Crippen molar-refractivity contribution < 1.29 is 9.90 Å². The van der Waals surface area contributed by atoms with E-state index in [1.807, 2.05) is 14.1 Å². The number of aromatic carboxylic acids is 1. The average Bonchev–Trinajstić information content (AvgIpc) is 2.29. The Morgan fingerprint density at radius 2 is 2.05 bits per heavy atom. The summed E-state index contributed by atoms with van der Waals surface area (Å²) in [6.45, 7) is 5.01. The van der Waals surface area contributed by atoms with Gasteiger partial charge < -0.3 is 21.1 Å². The topological polar surface area (TPSA) is 78.6 Å². The van der Waals surface area contributed by atoms with Crippen LogP contribution in [-0.2, 0) is 0 Å². The molecule has 0 amide bonds. The van der Waals surface area contributed by atoms with E-state index in [4.69, 9.17) is 5.73 Å². The molecule has 0 heterocycles. The van der Waals surface area contributed by atoms with Crippen molar-refractivity contribution in [1.82, 2.24) is 4.90 Å². The van der Waals surface area contributed by atoms with Crippen LogP contribution < -0.4 is 11.1 Å². The summed E-state index contributed by atoms with van der Waals surface area (Å²) in [5.74, 6) is -0.606. The van der Waals surface area contributed by atoms with Crippen molar-refractivity contribution in [3.05, 3.63) is 23.8 Å². The van der Waals surface area contributed by atoms with Crippen LogP contribution in [-0.4, -0.2) is 42.7 Å². The fraction of sp³-hybridized carbons (Fsp3) is 0.500. The lowest BCUT2D eigenvalue weighted by atomic mass is 10.0. The first-order valence-corrected chi connectivity index (χ1v) is 6.36. The van der Waals surface area contributed by atoms with E-state index >= 15 is 0 Å². The van der Waals surface area contributed by atoms with Gasteiger partial charge in [-0.1, -0.05) is 19.9 Å². The Morgan fingerprint density at radius 1 is 1.42 bits per heavy atom. The number of benzene rings is 1. The Labute approximate surface area is 114 Å². The Kier molecular flexibility index (Phi) is 5.18. The highest BCUT2D eigenvalue weighted by molar-refractivity contribution is 5.97. The monoisotopic (exact) mass is 265 g/mol. The molecule has 4 N–H and O–H groups in total. The number of hydrogen-bond donors (Lipinski definition) is 3. The van der Waals surface area contributed by atoms with Gasteiger partial charge in [-0.05, 0) is 32.1 Å². The minimum Gasteiger partial charge on any atom is -0.478 e. The Morgan fingerprint density at radius 3 is 2.53 bits per heavy atom. The average molecular weight is 265 g/mol. The first-order chi connectivity index (χ1) is 8.82. The van der Waals surface area contributed by atoms with Crippen molar-refractivity contribution in [3.63, 3.8) is 0 Å². The third-order valence-electron chi connectivity index (χ3n) is 3.02. The number of nitrogens with two attached hydrogens (primary N) is 1. The van der Waals surface area contributed by atoms with E-state index in [0.29, 0.717) is 17.3 Å². The van der Waals surface area contributed by atoms with E-state index in [-0.39, 0.29) is 11.6 Å². The van der Waals surface area contributed by atoms with Gasteiger partial charge in [-0.15, -0.1) is 0 Å². The highest BCUT2D eigenvalue weighted by atomic mass is 16.4. The molecule has 1 aromatic carbocycles. The molecular formula is C14H23N3O2. The number of carbonyl (C=O) groups is 1.